The van der Waals surface area contributed by atoms with Crippen molar-refractivity contribution in [2.45, 2.75) is 19.8 Å². The number of hydrogen-bond donors (Lipinski definition) is 1. The second kappa shape index (κ2) is 3.93. The molecule has 1 atom stereocenters. The molecule has 0 aliphatic carbocycles. The molecule has 13 heavy (non-hydrogen) atoms. The molecule has 0 bridgehead atoms. The van der Waals surface area contributed by atoms with Crippen LogP contribution in [0.1, 0.15) is 17.5 Å². The lowest BCUT2D eigenvalue weighted by atomic mass is 9.98. The van der Waals surface area contributed by atoms with Gasteiger partial charge >= 0.3 is 0 Å². The van der Waals surface area contributed by atoms with Gasteiger partial charge in [-0.15, -0.1) is 0 Å². The van der Waals surface area contributed by atoms with Crippen molar-refractivity contribution in [1.82, 2.24) is 5.32 Å². The van der Waals surface area contributed by atoms with Crippen molar-refractivity contribution >= 4 is 0 Å². The number of benzene rings is 1. The Hall–Kier alpha value is -0.820. The summed E-state index contributed by atoms with van der Waals surface area (Å²) in [5, 5.41) is 3.40. The van der Waals surface area contributed by atoms with Crippen molar-refractivity contribution in [2.75, 3.05) is 13.1 Å². The highest BCUT2D eigenvalue weighted by Crippen LogP contribution is 2.15. The minimum Gasteiger partial charge on any atom is -0.316 e. The summed E-state index contributed by atoms with van der Waals surface area (Å²) in [6.45, 7) is 4.55. The molecule has 0 amide bonds. The van der Waals surface area contributed by atoms with Crippen molar-refractivity contribution in [3.05, 3.63) is 35.4 Å². The number of hydrogen-bond acceptors (Lipinski definition) is 1. The molecule has 1 aliphatic heterocycles. The van der Waals surface area contributed by atoms with E-state index in [2.05, 4.69) is 36.5 Å². The van der Waals surface area contributed by atoms with Crippen LogP contribution in [0.5, 0.6) is 0 Å². The first-order valence-electron chi connectivity index (χ1n) is 5.11. The van der Waals surface area contributed by atoms with Crippen LogP contribution in [-0.2, 0) is 6.42 Å². The van der Waals surface area contributed by atoms with Crippen LogP contribution in [0.2, 0.25) is 0 Å². The summed E-state index contributed by atoms with van der Waals surface area (Å²) in [6.07, 6.45) is 2.58. The van der Waals surface area contributed by atoms with Crippen LogP contribution in [-0.4, -0.2) is 13.1 Å². The molecule has 1 heterocycles. The van der Waals surface area contributed by atoms with Crippen molar-refractivity contribution in [3.63, 3.8) is 0 Å². The van der Waals surface area contributed by atoms with E-state index in [1.807, 2.05) is 0 Å². The number of aryl methyl sites for hydroxylation is 1. The van der Waals surface area contributed by atoms with Gasteiger partial charge in [-0.1, -0.05) is 29.8 Å². The van der Waals surface area contributed by atoms with Crippen molar-refractivity contribution in [3.8, 4) is 0 Å². The van der Waals surface area contributed by atoms with Gasteiger partial charge < -0.3 is 5.32 Å². The Labute approximate surface area is 80.2 Å². The summed E-state index contributed by atoms with van der Waals surface area (Å²) in [5.41, 5.74) is 2.84. The Bertz CT molecular complexity index is 257. The fourth-order valence-corrected chi connectivity index (χ4v) is 1.95. The standard InChI is InChI=1S/C12H17N/c1-10-2-4-11(5-3-10)8-12-6-7-13-9-12/h2-5,12-13H,6-9H2,1H3/t12-/m1/s1. The van der Waals surface area contributed by atoms with Crippen LogP contribution in [0.25, 0.3) is 0 Å². The topological polar surface area (TPSA) is 12.0 Å². The van der Waals surface area contributed by atoms with Gasteiger partial charge in [0.25, 0.3) is 0 Å². The Kier molecular flexibility index (Phi) is 2.65. The molecule has 0 spiro atoms. The molecule has 0 saturated carbocycles. The van der Waals surface area contributed by atoms with Crippen LogP contribution in [0.15, 0.2) is 24.3 Å². The summed E-state index contributed by atoms with van der Waals surface area (Å²) in [5.74, 6) is 0.864. The Balaban J connectivity index is 1.97. The van der Waals surface area contributed by atoms with Crippen molar-refractivity contribution in [1.29, 1.82) is 0 Å². The van der Waals surface area contributed by atoms with Crippen LogP contribution in [0, 0.1) is 12.8 Å². The molecule has 70 valence electrons. The molecule has 2 rings (SSSR count). The van der Waals surface area contributed by atoms with Gasteiger partial charge in [0, 0.05) is 0 Å². The largest absolute Gasteiger partial charge is 0.316 e. The van der Waals surface area contributed by atoms with Crippen LogP contribution in [0.4, 0.5) is 0 Å². The molecule has 0 unspecified atom stereocenters. The fourth-order valence-electron chi connectivity index (χ4n) is 1.95. The maximum absolute atomic E-state index is 3.40. The summed E-state index contributed by atoms with van der Waals surface area (Å²) in [4.78, 5) is 0. The van der Waals surface area contributed by atoms with Gasteiger partial charge in [0.2, 0.25) is 0 Å². The molecular formula is C12H17N. The molecule has 0 aromatic heterocycles. The molecule has 1 N–H and O–H groups in total. The second-order valence-electron chi connectivity index (χ2n) is 4.05. The molecule has 1 aromatic rings. The van der Waals surface area contributed by atoms with E-state index in [0.29, 0.717) is 0 Å². The van der Waals surface area contributed by atoms with E-state index in [1.165, 1.54) is 37.1 Å². The van der Waals surface area contributed by atoms with Crippen LogP contribution in [0.3, 0.4) is 0 Å². The normalized spacial score (nSPS) is 22.1. The molecule has 1 nitrogen and oxygen atoms in total. The smallest absolute Gasteiger partial charge is 0.00169 e. The molecular weight excluding hydrogens is 158 g/mol. The van der Waals surface area contributed by atoms with E-state index >= 15 is 0 Å². The average Bonchev–Trinajstić information content (AvgIpc) is 2.62. The average molecular weight is 175 g/mol. The Morgan fingerprint density at radius 1 is 1.31 bits per heavy atom. The predicted octanol–water partition coefficient (Wildman–Crippen LogP) is 2.15. The molecule has 1 aromatic carbocycles. The lowest BCUT2D eigenvalue weighted by Gasteiger charge is -2.07. The molecule has 1 heteroatoms. The molecule has 1 fully saturated rings. The maximum Gasteiger partial charge on any atom is -0.00169 e. The first-order valence-corrected chi connectivity index (χ1v) is 5.11. The zero-order valence-electron chi connectivity index (χ0n) is 8.22. The summed E-state index contributed by atoms with van der Waals surface area (Å²) < 4.78 is 0. The molecule has 0 radical (unpaired) electrons. The van der Waals surface area contributed by atoms with Crippen LogP contribution >= 0.6 is 0 Å². The Morgan fingerprint density at radius 3 is 2.69 bits per heavy atom. The highest BCUT2D eigenvalue weighted by molar-refractivity contribution is 5.21. The van der Waals surface area contributed by atoms with Gasteiger partial charge in [0.1, 0.15) is 0 Å². The summed E-state index contributed by atoms with van der Waals surface area (Å²) >= 11 is 0. The number of rotatable bonds is 2. The lowest BCUT2D eigenvalue weighted by molar-refractivity contribution is 0.580. The van der Waals surface area contributed by atoms with Gasteiger partial charge in [-0.2, -0.15) is 0 Å². The first-order chi connectivity index (χ1) is 6.34. The van der Waals surface area contributed by atoms with Gasteiger partial charge in [-0.25, -0.2) is 0 Å². The minimum atomic E-state index is 0.864. The summed E-state index contributed by atoms with van der Waals surface area (Å²) in [7, 11) is 0. The van der Waals surface area contributed by atoms with E-state index in [0.717, 1.165) is 5.92 Å². The fraction of sp³-hybridized carbons (Fsp3) is 0.500. The van der Waals surface area contributed by atoms with E-state index in [4.69, 9.17) is 0 Å². The van der Waals surface area contributed by atoms with E-state index in [-0.39, 0.29) is 0 Å². The third kappa shape index (κ3) is 2.31. The van der Waals surface area contributed by atoms with Gasteiger partial charge in [-0.3, -0.25) is 0 Å². The zero-order valence-corrected chi connectivity index (χ0v) is 8.22. The van der Waals surface area contributed by atoms with Crippen LogP contribution < -0.4 is 5.32 Å². The monoisotopic (exact) mass is 175 g/mol. The maximum atomic E-state index is 3.40. The van der Waals surface area contributed by atoms with Crippen molar-refractivity contribution < 1.29 is 0 Å². The quantitative estimate of drug-likeness (QED) is 0.726. The third-order valence-electron chi connectivity index (χ3n) is 2.81. The third-order valence-corrected chi connectivity index (χ3v) is 2.81. The van der Waals surface area contributed by atoms with Gasteiger partial charge in [0.05, 0.1) is 0 Å². The predicted molar refractivity (Wildman–Crippen MR) is 55.9 cm³/mol. The first kappa shape index (κ1) is 8.76. The van der Waals surface area contributed by atoms with Crippen molar-refractivity contribution in [2.24, 2.45) is 5.92 Å². The molecule has 1 aliphatic rings. The highest BCUT2D eigenvalue weighted by Gasteiger charge is 2.14. The second-order valence-corrected chi connectivity index (χ2v) is 4.05. The number of nitrogens with one attached hydrogen (secondary N) is 1. The van der Waals surface area contributed by atoms with E-state index in [9.17, 15) is 0 Å². The Morgan fingerprint density at radius 2 is 2.08 bits per heavy atom. The van der Waals surface area contributed by atoms with Gasteiger partial charge in [0.15, 0.2) is 0 Å². The minimum absolute atomic E-state index is 0.864. The SMILES string of the molecule is Cc1ccc(C[C@H]2CCNC2)cc1. The lowest BCUT2D eigenvalue weighted by Crippen LogP contribution is -2.10. The highest BCUT2D eigenvalue weighted by atomic mass is 14.9. The molecule has 1 saturated heterocycles. The van der Waals surface area contributed by atoms with E-state index < -0.39 is 0 Å². The van der Waals surface area contributed by atoms with E-state index in [1.54, 1.807) is 0 Å². The zero-order chi connectivity index (χ0) is 9.10. The van der Waals surface area contributed by atoms with Gasteiger partial charge in [-0.05, 0) is 44.3 Å². The summed E-state index contributed by atoms with van der Waals surface area (Å²) in [6, 6.07) is 8.93.